The molecule has 3 nitrogen and oxygen atoms in total. The van der Waals surface area contributed by atoms with E-state index in [0.717, 1.165) is 74.4 Å². The lowest BCUT2D eigenvalue weighted by atomic mass is 9.90. The Morgan fingerprint density at radius 1 is 0.917 bits per heavy atom. The molecule has 6 heteroatoms. The zero-order valence-corrected chi connectivity index (χ0v) is 21.2. The van der Waals surface area contributed by atoms with Crippen LogP contribution in [-0.2, 0) is 6.42 Å². The van der Waals surface area contributed by atoms with Crippen molar-refractivity contribution >= 4 is 5.70 Å². The van der Waals surface area contributed by atoms with Gasteiger partial charge in [-0.1, -0.05) is 36.9 Å². The van der Waals surface area contributed by atoms with Crippen molar-refractivity contribution in [3.63, 3.8) is 0 Å². The maximum absolute atomic E-state index is 13.3. The Morgan fingerprint density at radius 3 is 2.17 bits per heavy atom. The molecule has 0 bridgehead atoms. The van der Waals surface area contributed by atoms with E-state index >= 15 is 0 Å². The van der Waals surface area contributed by atoms with E-state index in [4.69, 9.17) is 4.98 Å². The Morgan fingerprint density at radius 2 is 1.58 bits per heavy atom. The van der Waals surface area contributed by atoms with Crippen LogP contribution >= 0.6 is 0 Å². The minimum absolute atomic E-state index is 0.194. The normalized spacial score (nSPS) is 20.9. The van der Waals surface area contributed by atoms with E-state index < -0.39 is 11.6 Å². The van der Waals surface area contributed by atoms with E-state index in [1.807, 2.05) is 11.1 Å². The lowest BCUT2D eigenvalue weighted by molar-refractivity contribution is -0.192. The summed E-state index contributed by atoms with van der Waals surface area (Å²) in [7, 11) is 0. The molecule has 1 saturated carbocycles. The number of aryl methyl sites for hydroxylation is 1. The summed E-state index contributed by atoms with van der Waals surface area (Å²) in [6, 6.07) is 12.9. The Kier molecular flexibility index (Phi) is 7.43. The van der Waals surface area contributed by atoms with Crippen molar-refractivity contribution in [3.8, 4) is 11.1 Å². The fourth-order valence-electron chi connectivity index (χ4n) is 5.84. The van der Waals surface area contributed by atoms with Gasteiger partial charge in [-0.05, 0) is 94.0 Å². The zero-order chi connectivity index (χ0) is 25.2. The monoisotopic (exact) mass is 497 g/mol. The van der Waals surface area contributed by atoms with Gasteiger partial charge in [-0.2, -0.15) is 13.2 Å². The number of nitrogens with zero attached hydrogens (tertiary/aromatic N) is 3. The Bertz CT molecular complexity index is 1010. The van der Waals surface area contributed by atoms with Crippen molar-refractivity contribution in [2.45, 2.75) is 64.0 Å². The standard InChI is InChI=1S/C30H38F3N3/c1-23(36-17-3-2-4-18-36)25-6-8-26(9-7-25)27-10-12-28(34-21-27)11-5-24-13-19-35(20-14-24)22-29(15-16-29)30(31,32)33/h6-10,12,21,24H,1-5,11,13-20,22H2. The number of alkyl halides is 3. The average molecular weight is 498 g/mol. The van der Waals surface area contributed by atoms with Gasteiger partial charge in [0.25, 0.3) is 0 Å². The minimum atomic E-state index is -4.05. The van der Waals surface area contributed by atoms with E-state index in [-0.39, 0.29) is 6.54 Å². The predicted molar refractivity (Wildman–Crippen MR) is 139 cm³/mol. The van der Waals surface area contributed by atoms with Crippen LogP contribution in [0.3, 0.4) is 0 Å². The molecule has 2 aliphatic heterocycles. The number of hydrogen-bond donors (Lipinski definition) is 0. The first-order chi connectivity index (χ1) is 17.3. The molecule has 3 fully saturated rings. The molecule has 194 valence electrons. The summed E-state index contributed by atoms with van der Waals surface area (Å²) in [5.74, 6) is 0.573. The molecule has 1 aliphatic carbocycles. The highest BCUT2D eigenvalue weighted by atomic mass is 19.4. The Balaban J connectivity index is 1.08. The van der Waals surface area contributed by atoms with E-state index in [9.17, 15) is 13.2 Å². The average Bonchev–Trinajstić information content (AvgIpc) is 3.70. The Labute approximate surface area is 213 Å². The number of aromatic nitrogens is 1. The van der Waals surface area contributed by atoms with Gasteiger partial charge in [-0.25, -0.2) is 0 Å². The van der Waals surface area contributed by atoms with Crippen LogP contribution in [-0.4, -0.2) is 53.7 Å². The van der Waals surface area contributed by atoms with E-state index in [2.05, 4.69) is 47.9 Å². The SMILES string of the molecule is C=C(c1ccc(-c2ccc(CCC3CCN(CC4(C(F)(F)F)CC4)CC3)nc2)cc1)N1CCCCC1. The van der Waals surface area contributed by atoms with Crippen LogP contribution in [0, 0.1) is 11.3 Å². The first kappa shape index (κ1) is 25.3. The summed E-state index contributed by atoms with van der Waals surface area (Å²) in [5, 5.41) is 0. The third-order valence-electron chi connectivity index (χ3n) is 8.61. The molecule has 36 heavy (non-hydrogen) atoms. The molecule has 0 spiro atoms. The second-order valence-electron chi connectivity index (χ2n) is 11.1. The van der Waals surface area contributed by atoms with Gasteiger partial charge >= 0.3 is 6.18 Å². The van der Waals surface area contributed by atoms with Gasteiger partial charge in [0, 0.05) is 42.8 Å². The fraction of sp³-hybridized carbons (Fsp3) is 0.567. The summed E-state index contributed by atoms with van der Waals surface area (Å²) in [5.41, 5.74) is 4.25. The third-order valence-corrected chi connectivity index (χ3v) is 8.61. The summed E-state index contributed by atoms with van der Waals surface area (Å²) in [4.78, 5) is 9.14. The Hall–Kier alpha value is -2.34. The number of likely N-dealkylation sites (tertiary alicyclic amines) is 2. The van der Waals surface area contributed by atoms with Gasteiger partial charge < -0.3 is 9.80 Å². The van der Waals surface area contributed by atoms with Crippen LogP contribution in [0.5, 0.6) is 0 Å². The first-order valence-corrected chi connectivity index (χ1v) is 13.6. The van der Waals surface area contributed by atoms with Crippen molar-refractivity contribution in [2.24, 2.45) is 11.3 Å². The summed E-state index contributed by atoms with van der Waals surface area (Å²) in [6.07, 6.45) is 6.27. The van der Waals surface area contributed by atoms with Crippen molar-refractivity contribution in [1.82, 2.24) is 14.8 Å². The molecule has 2 saturated heterocycles. The fourth-order valence-corrected chi connectivity index (χ4v) is 5.84. The van der Waals surface area contributed by atoms with Crippen molar-refractivity contribution in [3.05, 3.63) is 60.4 Å². The lowest BCUT2D eigenvalue weighted by Crippen LogP contribution is -2.42. The third kappa shape index (κ3) is 5.80. The van der Waals surface area contributed by atoms with Gasteiger partial charge in [0.2, 0.25) is 0 Å². The summed E-state index contributed by atoms with van der Waals surface area (Å²) in [6.45, 7) is 8.29. The number of rotatable bonds is 8. The minimum Gasteiger partial charge on any atom is -0.372 e. The van der Waals surface area contributed by atoms with E-state index in [1.165, 1.54) is 24.8 Å². The molecule has 0 atom stereocenters. The van der Waals surface area contributed by atoms with Crippen LogP contribution < -0.4 is 0 Å². The van der Waals surface area contributed by atoms with E-state index in [1.54, 1.807) is 0 Å². The molecule has 5 rings (SSSR count). The molecule has 1 aromatic heterocycles. The van der Waals surface area contributed by atoms with Crippen LogP contribution in [0.2, 0.25) is 0 Å². The molecular formula is C30H38F3N3. The van der Waals surface area contributed by atoms with Crippen molar-refractivity contribution < 1.29 is 13.2 Å². The maximum atomic E-state index is 13.3. The van der Waals surface area contributed by atoms with Gasteiger partial charge in [-0.15, -0.1) is 0 Å². The highest BCUT2D eigenvalue weighted by Gasteiger charge is 2.63. The maximum Gasteiger partial charge on any atom is 0.395 e. The van der Waals surface area contributed by atoms with Gasteiger partial charge in [0.15, 0.2) is 0 Å². The lowest BCUT2D eigenvalue weighted by Gasteiger charge is -2.35. The highest BCUT2D eigenvalue weighted by Crippen LogP contribution is 2.58. The van der Waals surface area contributed by atoms with Crippen LogP contribution in [0.1, 0.15) is 62.6 Å². The van der Waals surface area contributed by atoms with Gasteiger partial charge in [0.1, 0.15) is 0 Å². The van der Waals surface area contributed by atoms with E-state index in [0.29, 0.717) is 18.8 Å². The molecule has 0 unspecified atom stereocenters. The number of hydrogen-bond acceptors (Lipinski definition) is 3. The molecule has 0 amide bonds. The summed E-state index contributed by atoms with van der Waals surface area (Å²) >= 11 is 0. The number of benzene rings is 1. The van der Waals surface area contributed by atoms with Crippen LogP contribution in [0.25, 0.3) is 16.8 Å². The number of pyridine rings is 1. The van der Waals surface area contributed by atoms with Crippen molar-refractivity contribution in [1.29, 1.82) is 0 Å². The first-order valence-electron chi connectivity index (χ1n) is 13.6. The predicted octanol–water partition coefficient (Wildman–Crippen LogP) is 7.19. The van der Waals surface area contributed by atoms with Crippen LogP contribution in [0.15, 0.2) is 49.2 Å². The molecule has 1 aromatic carbocycles. The smallest absolute Gasteiger partial charge is 0.372 e. The molecule has 3 aliphatic rings. The molecule has 0 N–H and O–H groups in total. The quantitative estimate of drug-likeness (QED) is 0.385. The largest absolute Gasteiger partial charge is 0.395 e. The highest BCUT2D eigenvalue weighted by molar-refractivity contribution is 5.68. The second-order valence-corrected chi connectivity index (χ2v) is 11.1. The van der Waals surface area contributed by atoms with Gasteiger partial charge in [0.05, 0.1) is 5.41 Å². The summed E-state index contributed by atoms with van der Waals surface area (Å²) < 4.78 is 39.8. The van der Waals surface area contributed by atoms with Crippen LogP contribution in [0.4, 0.5) is 13.2 Å². The second kappa shape index (κ2) is 10.6. The molecule has 3 heterocycles. The van der Waals surface area contributed by atoms with Gasteiger partial charge in [-0.3, -0.25) is 4.98 Å². The number of piperidine rings is 2. The van der Waals surface area contributed by atoms with Crippen molar-refractivity contribution in [2.75, 3.05) is 32.7 Å². The number of halogens is 3. The molecular weight excluding hydrogens is 459 g/mol. The topological polar surface area (TPSA) is 19.4 Å². The zero-order valence-electron chi connectivity index (χ0n) is 21.2. The molecule has 0 radical (unpaired) electrons. The molecule has 2 aromatic rings.